The van der Waals surface area contributed by atoms with E-state index in [1.807, 2.05) is 0 Å². The van der Waals surface area contributed by atoms with Crippen molar-refractivity contribution in [1.29, 1.82) is 0 Å². The maximum absolute atomic E-state index is 13.2. The lowest BCUT2D eigenvalue weighted by atomic mass is 10.0. The lowest BCUT2D eigenvalue weighted by molar-refractivity contribution is 0.425. The molecular weight excluding hydrogens is 259 g/mol. The van der Waals surface area contributed by atoms with Gasteiger partial charge >= 0.3 is 0 Å². The normalized spacial score (nSPS) is 12.9. The number of benzene rings is 1. The molecule has 2 N–H and O–H groups in total. The van der Waals surface area contributed by atoms with Crippen LogP contribution in [-0.2, 0) is 0 Å². The molecule has 1 aromatic rings. The predicted molar refractivity (Wildman–Crippen MR) is 51.6 cm³/mol. The average Bonchev–Trinajstić information content (AvgIpc) is 2.01. The minimum absolute atomic E-state index is 0.0878. The Kier molecular flexibility index (Phi) is 3.95. The maximum atomic E-state index is 13.2. The van der Waals surface area contributed by atoms with Crippen LogP contribution >= 0.6 is 15.9 Å². The summed E-state index contributed by atoms with van der Waals surface area (Å²) in [5.74, 6) is -1.50. The zero-order valence-electron chi connectivity index (χ0n) is 7.24. The topological polar surface area (TPSA) is 26.0 Å². The first-order valence-corrected chi connectivity index (χ1v) is 4.81. The van der Waals surface area contributed by atoms with Crippen LogP contribution in [-0.4, -0.2) is 6.67 Å². The second-order valence-corrected chi connectivity index (χ2v) is 3.78. The summed E-state index contributed by atoms with van der Waals surface area (Å²) in [5.41, 5.74) is 5.16. The molecule has 1 nitrogen and oxygen atoms in total. The van der Waals surface area contributed by atoms with Gasteiger partial charge in [0.05, 0.1) is 6.67 Å². The Balaban J connectivity index is 3.07. The van der Waals surface area contributed by atoms with Crippen LogP contribution in [0.1, 0.15) is 18.0 Å². The van der Waals surface area contributed by atoms with E-state index in [-0.39, 0.29) is 12.0 Å². The van der Waals surface area contributed by atoms with Crippen LogP contribution in [0.2, 0.25) is 0 Å². The SMILES string of the molecule is N[C@@H](CCF)c1c(F)cc(Br)cc1F. The third-order valence-corrected chi connectivity index (χ3v) is 2.29. The van der Waals surface area contributed by atoms with Gasteiger partial charge in [-0.1, -0.05) is 15.9 Å². The van der Waals surface area contributed by atoms with E-state index in [1.165, 1.54) is 0 Å². The molecule has 0 amide bonds. The highest BCUT2D eigenvalue weighted by molar-refractivity contribution is 9.10. The molecule has 0 saturated carbocycles. The van der Waals surface area contributed by atoms with Gasteiger partial charge < -0.3 is 5.73 Å². The molecule has 1 aromatic carbocycles. The van der Waals surface area contributed by atoms with E-state index in [1.54, 1.807) is 0 Å². The van der Waals surface area contributed by atoms with E-state index in [9.17, 15) is 13.2 Å². The standard InChI is InChI=1S/C9H9BrF3N/c10-5-3-6(12)9(7(13)4-5)8(14)1-2-11/h3-4,8H,1-2,14H2/t8-/m0/s1. The molecule has 14 heavy (non-hydrogen) atoms. The largest absolute Gasteiger partial charge is 0.324 e. The van der Waals surface area contributed by atoms with Gasteiger partial charge in [0.15, 0.2) is 0 Å². The molecule has 78 valence electrons. The number of nitrogens with two attached hydrogens (primary N) is 1. The molecule has 0 radical (unpaired) electrons. The van der Waals surface area contributed by atoms with Crippen molar-refractivity contribution in [1.82, 2.24) is 0 Å². The Morgan fingerprint density at radius 2 is 1.79 bits per heavy atom. The third kappa shape index (κ3) is 2.48. The zero-order chi connectivity index (χ0) is 10.7. The van der Waals surface area contributed by atoms with E-state index >= 15 is 0 Å². The molecule has 0 aromatic heterocycles. The molecule has 0 fully saturated rings. The summed E-state index contributed by atoms with van der Waals surface area (Å²) >= 11 is 2.94. The van der Waals surface area contributed by atoms with Crippen molar-refractivity contribution in [3.8, 4) is 0 Å². The van der Waals surface area contributed by atoms with E-state index in [4.69, 9.17) is 5.73 Å². The second kappa shape index (κ2) is 4.79. The van der Waals surface area contributed by atoms with Crippen LogP contribution < -0.4 is 5.73 Å². The van der Waals surface area contributed by atoms with Gasteiger partial charge in [0.25, 0.3) is 0 Å². The molecule has 0 aliphatic heterocycles. The van der Waals surface area contributed by atoms with Gasteiger partial charge in [-0.15, -0.1) is 0 Å². The smallest absolute Gasteiger partial charge is 0.132 e. The van der Waals surface area contributed by atoms with Crippen molar-refractivity contribution in [3.05, 3.63) is 33.8 Å². The fourth-order valence-electron chi connectivity index (χ4n) is 1.17. The molecular formula is C9H9BrF3N. The highest BCUT2D eigenvalue weighted by Crippen LogP contribution is 2.25. The van der Waals surface area contributed by atoms with Gasteiger partial charge in [-0.3, -0.25) is 4.39 Å². The molecule has 0 heterocycles. The van der Waals surface area contributed by atoms with Crippen molar-refractivity contribution in [2.24, 2.45) is 5.73 Å². The summed E-state index contributed by atoms with van der Waals surface area (Å²) < 4.78 is 38.7. The third-order valence-electron chi connectivity index (χ3n) is 1.83. The van der Waals surface area contributed by atoms with Crippen LogP contribution in [0.5, 0.6) is 0 Å². The average molecular weight is 268 g/mol. The van der Waals surface area contributed by atoms with Gasteiger partial charge in [-0.25, -0.2) is 8.78 Å². The molecule has 1 atom stereocenters. The summed E-state index contributed by atoms with van der Waals surface area (Å²) in [6.07, 6.45) is -0.0878. The minimum Gasteiger partial charge on any atom is -0.324 e. The van der Waals surface area contributed by atoms with Gasteiger partial charge in [-0.05, 0) is 18.6 Å². The summed E-state index contributed by atoms with van der Waals surface area (Å²) in [4.78, 5) is 0. The van der Waals surface area contributed by atoms with E-state index < -0.39 is 24.4 Å². The number of halogens is 4. The molecule has 0 bridgehead atoms. The lowest BCUT2D eigenvalue weighted by Gasteiger charge is -2.12. The summed E-state index contributed by atoms with van der Waals surface area (Å²) in [6.45, 7) is -0.698. The van der Waals surface area contributed by atoms with Crippen molar-refractivity contribution in [3.63, 3.8) is 0 Å². The Bertz CT molecular complexity index is 307. The fraction of sp³-hybridized carbons (Fsp3) is 0.333. The van der Waals surface area contributed by atoms with Crippen LogP contribution in [0.25, 0.3) is 0 Å². The quantitative estimate of drug-likeness (QED) is 0.895. The fourth-order valence-corrected chi connectivity index (χ4v) is 1.57. The first-order chi connectivity index (χ1) is 6.56. The molecule has 0 aliphatic carbocycles. The van der Waals surface area contributed by atoms with Crippen LogP contribution in [0.4, 0.5) is 13.2 Å². The Hall–Kier alpha value is -0.550. The zero-order valence-corrected chi connectivity index (χ0v) is 8.82. The monoisotopic (exact) mass is 267 g/mol. The van der Waals surface area contributed by atoms with Gasteiger partial charge in [0, 0.05) is 16.1 Å². The van der Waals surface area contributed by atoms with Crippen molar-refractivity contribution in [2.45, 2.75) is 12.5 Å². The number of rotatable bonds is 3. The summed E-state index contributed by atoms with van der Waals surface area (Å²) in [5, 5.41) is 0. The first-order valence-electron chi connectivity index (χ1n) is 4.02. The molecule has 5 heteroatoms. The summed E-state index contributed by atoms with van der Waals surface area (Å²) in [7, 11) is 0. The van der Waals surface area contributed by atoms with Crippen LogP contribution in [0, 0.1) is 11.6 Å². The van der Waals surface area contributed by atoms with Gasteiger partial charge in [0.2, 0.25) is 0 Å². The minimum atomic E-state index is -0.937. The number of hydrogen-bond acceptors (Lipinski definition) is 1. The molecule has 0 aliphatic rings. The van der Waals surface area contributed by atoms with Crippen LogP contribution in [0.3, 0.4) is 0 Å². The number of alkyl halides is 1. The lowest BCUT2D eigenvalue weighted by Crippen LogP contribution is -2.15. The summed E-state index contributed by atoms with van der Waals surface area (Å²) in [6, 6.07) is 1.28. The van der Waals surface area contributed by atoms with E-state index in [0.717, 1.165) is 12.1 Å². The van der Waals surface area contributed by atoms with Gasteiger partial charge in [0.1, 0.15) is 11.6 Å². The Morgan fingerprint density at radius 1 is 1.29 bits per heavy atom. The van der Waals surface area contributed by atoms with E-state index in [2.05, 4.69) is 15.9 Å². The maximum Gasteiger partial charge on any atom is 0.132 e. The highest BCUT2D eigenvalue weighted by atomic mass is 79.9. The highest BCUT2D eigenvalue weighted by Gasteiger charge is 2.17. The molecule has 1 rings (SSSR count). The Morgan fingerprint density at radius 3 is 2.21 bits per heavy atom. The van der Waals surface area contributed by atoms with Crippen molar-refractivity contribution >= 4 is 15.9 Å². The molecule has 0 spiro atoms. The van der Waals surface area contributed by atoms with Crippen LogP contribution in [0.15, 0.2) is 16.6 Å². The van der Waals surface area contributed by atoms with Crippen molar-refractivity contribution < 1.29 is 13.2 Å². The number of hydrogen-bond donors (Lipinski definition) is 1. The molecule has 0 unspecified atom stereocenters. The second-order valence-electron chi connectivity index (χ2n) is 2.87. The van der Waals surface area contributed by atoms with Gasteiger partial charge in [-0.2, -0.15) is 0 Å². The Labute approximate surface area is 88.2 Å². The predicted octanol–water partition coefficient (Wildman–Crippen LogP) is 3.09. The van der Waals surface area contributed by atoms with Crippen molar-refractivity contribution in [2.75, 3.05) is 6.67 Å². The first kappa shape index (κ1) is 11.5. The van der Waals surface area contributed by atoms with E-state index in [0.29, 0.717) is 4.47 Å². The molecule has 0 saturated heterocycles.